The van der Waals surface area contributed by atoms with Gasteiger partial charge < -0.3 is 19.5 Å². The molecule has 0 spiro atoms. The molecule has 32 heavy (non-hydrogen) atoms. The van der Waals surface area contributed by atoms with Crippen LogP contribution in [0.25, 0.3) is 10.6 Å². The maximum absolute atomic E-state index is 12.7. The van der Waals surface area contributed by atoms with Crippen molar-refractivity contribution in [3.8, 4) is 22.1 Å². The number of ether oxygens (including phenoxy) is 3. The third kappa shape index (κ3) is 4.78. The highest BCUT2D eigenvalue weighted by Gasteiger charge is 2.32. The van der Waals surface area contributed by atoms with Gasteiger partial charge in [0.2, 0.25) is 5.91 Å². The van der Waals surface area contributed by atoms with E-state index in [0.29, 0.717) is 40.3 Å². The second kappa shape index (κ2) is 9.70. The standard InChI is InChI=1S/C23H24N2O5S2/c1-4-30-23(27)20-16(13-5-6-13)12-32-22(20)25-19(26)10-15-11-31-21(24-15)14-7-8-17(28-2)18(9-14)29-3/h7-9,11-13H,4-6,10H2,1-3H3,(H,25,26). The van der Waals surface area contributed by atoms with Gasteiger partial charge in [-0.15, -0.1) is 22.7 Å². The largest absolute Gasteiger partial charge is 0.493 e. The Hall–Kier alpha value is -2.91. The number of rotatable bonds is 9. The van der Waals surface area contributed by atoms with Crippen molar-refractivity contribution in [2.24, 2.45) is 0 Å². The van der Waals surface area contributed by atoms with Gasteiger partial charge in [-0.3, -0.25) is 4.79 Å². The van der Waals surface area contributed by atoms with Crippen LogP contribution < -0.4 is 14.8 Å². The van der Waals surface area contributed by atoms with E-state index in [-0.39, 0.29) is 18.3 Å². The minimum atomic E-state index is -0.379. The monoisotopic (exact) mass is 472 g/mol. The van der Waals surface area contributed by atoms with E-state index in [1.807, 2.05) is 29.0 Å². The van der Waals surface area contributed by atoms with Crippen LogP contribution in [0.5, 0.6) is 11.5 Å². The van der Waals surface area contributed by atoms with Crippen molar-refractivity contribution < 1.29 is 23.8 Å². The van der Waals surface area contributed by atoms with Crippen molar-refractivity contribution >= 4 is 39.6 Å². The lowest BCUT2D eigenvalue weighted by molar-refractivity contribution is -0.115. The second-order valence-corrected chi connectivity index (χ2v) is 9.07. The highest BCUT2D eigenvalue weighted by atomic mass is 32.1. The summed E-state index contributed by atoms with van der Waals surface area (Å²) >= 11 is 2.83. The molecule has 1 fully saturated rings. The van der Waals surface area contributed by atoms with Crippen molar-refractivity contribution in [3.05, 3.63) is 45.8 Å². The number of nitrogens with one attached hydrogen (secondary N) is 1. The van der Waals surface area contributed by atoms with Crippen LogP contribution in [0, 0.1) is 0 Å². The highest BCUT2D eigenvalue weighted by molar-refractivity contribution is 7.15. The van der Waals surface area contributed by atoms with Crippen LogP contribution in [0.2, 0.25) is 0 Å². The molecule has 1 N–H and O–H groups in total. The molecule has 1 aromatic carbocycles. The van der Waals surface area contributed by atoms with Gasteiger partial charge in [-0.05, 0) is 54.8 Å². The lowest BCUT2D eigenvalue weighted by Gasteiger charge is -2.08. The predicted octanol–water partition coefficient (Wildman–Crippen LogP) is 5.12. The average Bonchev–Trinajstić information content (AvgIpc) is 3.39. The number of carbonyl (C=O) groups is 2. The fraction of sp³-hybridized carbons (Fsp3) is 0.348. The molecule has 0 saturated heterocycles. The number of aromatic nitrogens is 1. The summed E-state index contributed by atoms with van der Waals surface area (Å²) < 4.78 is 15.9. The number of hydrogen-bond acceptors (Lipinski definition) is 8. The molecule has 0 aliphatic heterocycles. The Bertz CT molecular complexity index is 1130. The van der Waals surface area contributed by atoms with Crippen molar-refractivity contribution in [2.75, 3.05) is 26.1 Å². The summed E-state index contributed by atoms with van der Waals surface area (Å²) in [6, 6.07) is 5.59. The molecule has 1 amide bonds. The zero-order chi connectivity index (χ0) is 22.7. The molecule has 0 bridgehead atoms. The van der Waals surface area contributed by atoms with Crippen LogP contribution in [0.15, 0.2) is 29.0 Å². The van der Waals surface area contributed by atoms with Crippen LogP contribution >= 0.6 is 22.7 Å². The van der Waals surface area contributed by atoms with E-state index in [2.05, 4.69) is 10.3 Å². The van der Waals surface area contributed by atoms with E-state index < -0.39 is 0 Å². The number of methoxy groups -OCH3 is 2. The van der Waals surface area contributed by atoms with Crippen molar-refractivity contribution in [1.29, 1.82) is 0 Å². The number of esters is 1. The van der Waals surface area contributed by atoms with Gasteiger partial charge in [0.1, 0.15) is 10.0 Å². The molecule has 0 unspecified atom stereocenters. The van der Waals surface area contributed by atoms with E-state index in [0.717, 1.165) is 29.0 Å². The molecular formula is C23H24N2O5S2. The Balaban J connectivity index is 1.47. The molecule has 7 nitrogen and oxygen atoms in total. The third-order valence-corrected chi connectivity index (χ3v) is 6.95. The van der Waals surface area contributed by atoms with Gasteiger partial charge >= 0.3 is 5.97 Å². The number of benzene rings is 1. The predicted molar refractivity (Wildman–Crippen MR) is 125 cm³/mol. The minimum Gasteiger partial charge on any atom is -0.493 e. The lowest BCUT2D eigenvalue weighted by Crippen LogP contribution is -2.17. The summed E-state index contributed by atoms with van der Waals surface area (Å²) in [5.74, 6) is 1.06. The van der Waals surface area contributed by atoms with Gasteiger partial charge in [0.25, 0.3) is 0 Å². The van der Waals surface area contributed by atoms with Crippen LogP contribution in [-0.2, 0) is 16.0 Å². The Morgan fingerprint density at radius 3 is 2.59 bits per heavy atom. The van der Waals surface area contributed by atoms with E-state index in [9.17, 15) is 9.59 Å². The fourth-order valence-electron chi connectivity index (χ4n) is 3.40. The summed E-state index contributed by atoms with van der Waals surface area (Å²) in [6.45, 7) is 2.07. The minimum absolute atomic E-state index is 0.114. The Labute approximate surface area is 194 Å². The van der Waals surface area contributed by atoms with Crippen LogP contribution in [0.1, 0.15) is 47.3 Å². The topological polar surface area (TPSA) is 86.8 Å². The summed E-state index contributed by atoms with van der Waals surface area (Å²) in [4.78, 5) is 29.8. The quantitative estimate of drug-likeness (QED) is 0.435. The molecule has 168 valence electrons. The van der Waals surface area contributed by atoms with Gasteiger partial charge in [-0.2, -0.15) is 0 Å². The maximum atomic E-state index is 12.7. The van der Waals surface area contributed by atoms with Gasteiger partial charge in [-0.25, -0.2) is 9.78 Å². The van der Waals surface area contributed by atoms with Crippen LogP contribution in [-0.4, -0.2) is 37.7 Å². The van der Waals surface area contributed by atoms with Gasteiger partial charge in [0.15, 0.2) is 11.5 Å². The van der Waals surface area contributed by atoms with Crippen LogP contribution in [0.3, 0.4) is 0 Å². The summed E-state index contributed by atoms with van der Waals surface area (Å²) in [6.07, 6.45) is 2.24. The first-order chi connectivity index (χ1) is 15.5. The molecule has 0 atom stereocenters. The maximum Gasteiger partial charge on any atom is 0.341 e. The number of hydrogen-bond donors (Lipinski definition) is 1. The van der Waals surface area contributed by atoms with E-state index in [1.54, 1.807) is 21.1 Å². The highest BCUT2D eigenvalue weighted by Crippen LogP contribution is 2.46. The van der Waals surface area contributed by atoms with Crippen LogP contribution in [0.4, 0.5) is 5.00 Å². The molecule has 0 radical (unpaired) electrons. The first kappa shape index (κ1) is 22.3. The first-order valence-electron chi connectivity index (χ1n) is 10.3. The number of amides is 1. The summed E-state index contributed by atoms with van der Waals surface area (Å²) in [5.41, 5.74) is 3.02. The number of nitrogens with zero attached hydrogens (tertiary/aromatic N) is 1. The molecule has 1 aliphatic rings. The van der Waals surface area contributed by atoms with Gasteiger partial charge in [0, 0.05) is 10.9 Å². The van der Waals surface area contributed by atoms with Crippen molar-refractivity contribution in [1.82, 2.24) is 4.98 Å². The van der Waals surface area contributed by atoms with E-state index in [1.165, 1.54) is 22.7 Å². The normalized spacial score (nSPS) is 13.0. The fourth-order valence-corrected chi connectivity index (χ4v) is 5.26. The molecule has 2 aromatic heterocycles. The Kier molecular flexibility index (Phi) is 6.76. The molecule has 1 saturated carbocycles. The first-order valence-corrected chi connectivity index (χ1v) is 12.0. The van der Waals surface area contributed by atoms with E-state index >= 15 is 0 Å². The molecule has 9 heteroatoms. The molecular weight excluding hydrogens is 448 g/mol. The Morgan fingerprint density at radius 1 is 1.12 bits per heavy atom. The Morgan fingerprint density at radius 2 is 1.91 bits per heavy atom. The number of anilines is 1. The summed E-state index contributed by atoms with van der Waals surface area (Å²) in [7, 11) is 3.18. The molecule has 4 rings (SSSR count). The number of carbonyl (C=O) groups excluding carboxylic acids is 2. The van der Waals surface area contributed by atoms with Gasteiger partial charge in [0.05, 0.1) is 38.5 Å². The zero-order valence-electron chi connectivity index (χ0n) is 18.1. The third-order valence-electron chi connectivity index (χ3n) is 5.09. The van der Waals surface area contributed by atoms with E-state index in [4.69, 9.17) is 14.2 Å². The van der Waals surface area contributed by atoms with Crippen molar-refractivity contribution in [2.45, 2.75) is 32.1 Å². The van der Waals surface area contributed by atoms with Gasteiger partial charge in [-0.1, -0.05) is 0 Å². The number of thiazole rings is 1. The second-order valence-electron chi connectivity index (χ2n) is 7.33. The summed E-state index contributed by atoms with van der Waals surface area (Å²) in [5, 5.41) is 8.04. The average molecular weight is 473 g/mol. The smallest absolute Gasteiger partial charge is 0.341 e. The number of thiophene rings is 1. The zero-order valence-corrected chi connectivity index (χ0v) is 19.7. The SMILES string of the molecule is CCOC(=O)c1c(C2CC2)csc1NC(=O)Cc1csc(-c2ccc(OC)c(OC)c2)n1. The molecule has 2 heterocycles. The molecule has 3 aromatic rings. The molecule has 1 aliphatic carbocycles. The lowest BCUT2D eigenvalue weighted by atomic mass is 10.1. The van der Waals surface area contributed by atoms with Crippen molar-refractivity contribution in [3.63, 3.8) is 0 Å².